The van der Waals surface area contributed by atoms with Crippen LogP contribution in [0.1, 0.15) is 5.56 Å². The third kappa shape index (κ3) is 4.24. The molecule has 1 heterocycles. The SMILES string of the molecule is COc1ccc(N2C(=O)/C(=C\c3ccc(OCC(=O)O)c(Cl)c3)NC2=S)cc1. The second-order valence-electron chi connectivity index (χ2n) is 5.70. The molecule has 0 spiro atoms. The topological polar surface area (TPSA) is 88.1 Å². The number of thiocarbonyl (C=S) groups is 1. The van der Waals surface area contributed by atoms with Gasteiger partial charge in [0.15, 0.2) is 11.7 Å². The lowest BCUT2D eigenvalue weighted by Gasteiger charge is -2.14. The average molecular weight is 419 g/mol. The van der Waals surface area contributed by atoms with Crippen LogP contribution in [0.15, 0.2) is 48.2 Å². The summed E-state index contributed by atoms with van der Waals surface area (Å²) in [7, 11) is 1.56. The van der Waals surface area contributed by atoms with Crippen molar-refractivity contribution >= 4 is 52.6 Å². The summed E-state index contributed by atoms with van der Waals surface area (Å²) in [5.74, 6) is -0.496. The fraction of sp³-hybridized carbons (Fsp3) is 0.105. The second-order valence-corrected chi connectivity index (χ2v) is 6.49. The van der Waals surface area contributed by atoms with E-state index in [4.69, 9.17) is 38.4 Å². The molecule has 7 nitrogen and oxygen atoms in total. The molecule has 1 saturated heterocycles. The minimum absolute atomic E-state index is 0.232. The van der Waals surface area contributed by atoms with Gasteiger partial charge >= 0.3 is 5.97 Å². The zero-order valence-electron chi connectivity index (χ0n) is 14.6. The van der Waals surface area contributed by atoms with E-state index in [1.165, 1.54) is 11.0 Å². The lowest BCUT2D eigenvalue weighted by Crippen LogP contribution is -2.30. The summed E-state index contributed by atoms with van der Waals surface area (Å²) in [4.78, 5) is 24.7. The van der Waals surface area contributed by atoms with E-state index >= 15 is 0 Å². The van der Waals surface area contributed by atoms with Crippen LogP contribution in [0, 0.1) is 0 Å². The van der Waals surface area contributed by atoms with Gasteiger partial charge in [0.05, 0.1) is 17.8 Å². The maximum absolute atomic E-state index is 12.8. The number of hydrogen-bond acceptors (Lipinski definition) is 5. The molecule has 144 valence electrons. The Morgan fingerprint density at radius 2 is 2.00 bits per heavy atom. The molecule has 0 aliphatic carbocycles. The van der Waals surface area contributed by atoms with Gasteiger partial charge in [0, 0.05) is 0 Å². The molecule has 3 rings (SSSR count). The Bertz CT molecular complexity index is 975. The molecule has 1 aliphatic rings. The predicted octanol–water partition coefficient (Wildman–Crippen LogP) is 3.07. The molecule has 0 bridgehead atoms. The fourth-order valence-corrected chi connectivity index (χ4v) is 3.07. The Morgan fingerprint density at radius 1 is 1.29 bits per heavy atom. The van der Waals surface area contributed by atoms with Gasteiger partial charge in [0.25, 0.3) is 5.91 Å². The van der Waals surface area contributed by atoms with Gasteiger partial charge in [0.2, 0.25) is 0 Å². The molecule has 0 radical (unpaired) electrons. The number of nitrogens with zero attached hydrogens (tertiary/aromatic N) is 1. The number of halogens is 1. The number of anilines is 1. The van der Waals surface area contributed by atoms with E-state index in [0.717, 1.165) is 0 Å². The van der Waals surface area contributed by atoms with Gasteiger partial charge in [-0.3, -0.25) is 9.69 Å². The van der Waals surface area contributed by atoms with E-state index in [9.17, 15) is 9.59 Å². The highest BCUT2D eigenvalue weighted by Crippen LogP contribution is 2.28. The first-order valence-electron chi connectivity index (χ1n) is 8.04. The van der Waals surface area contributed by atoms with E-state index < -0.39 is 12.6 Å². The number of ether oxygens (including phenoxy) is 2. The predicted molar refractivity (Wildman–Crippen MR) is 109 cm³/mol. The third-order valence-electron chi connectivity index (χ3n) is 3.83. The fourth-order valence-electron chi connectivity index (χ4n) is 2.53. The number of amides is 1. The van der Waals surface area contributed by atoms with Crippen LogP contribution in [0.3, 0.4) is 0 Å². The Morgan fingerprint density at radius 3 is 2.61 bits per heavy atom. The van der Waals surface area contributed by atoms with Crippen molar-refractivity contribution in [2.24, 2.45) is 0 Å². The van der Waals surface area contributed by atoms with E-state index in [0.29, 0.717) is 17.0 Å². The van der Waals surface area contributed by atoms with Gasteiger partial charge in [0.1, 0.15) is 17.2 Å². The Balaban J connectivity index is 1.81. The highest BCUT2D eigenvalue weighted by Gasteiger charge is 2.31. The van der Waals surface area contributed by atoms with Crippen molar-refractivity contribution in [2.75, 3.05) is 18.6 Å². The van der Waals surface area contributed by atoms with Crippen LogP contribution in [0.2, 0.25) is 5.02 Å². The molecule has 0 saturated carbocycles. The lowest BCUT2D eigenvalue weighted by atomic mass is 10.1. The summed E-state index contributed by atoms with van der Waals surface area (Å²) < 4.78 is 10.2. The lowest BCUT2D eigenvalue weighted by molar-refractivity contribution is -0.139. The summed E-state index contributed by atoms with van der Waals surface area (Å²) in [6.45, 7) is -0.495. The summed E-state index contributed by atoms with van der Waals surface area (Å²) in [5.41, 5.74) is 1.53. The van der Waals surface area contributed by atoms with E-state index in [1.54, 1.807) is 49.6 Å². The molecule has 9 heteroatoms. The summed E-state index contributed by atoms with van der Waals surface area (Å²) in [6.07, 6.45) is 1.60. The molecule has 1 amide bonds. The maximum Gasteiger partial charge on any atom is 0.341 e. The minimum Gasteiger partial charge on any atom is -0.497 e. The monoisotopic (exact) mass is 418 g/mol. The first kappa shape index (κ1) is 19.7. The highest BCUT2D eigenvalue weighted by molar-refractivity contribution is 7.80. The van der Waals surface area contributed by atoms with E-state index in [-0.39, 0.29) is 27.5 Å². The molecular formula is C19H15ClN2O5S. The van der Waals surface area contributed by atoms with Crippen LogP contribution in [0.5, 0.6) is 11.5 Å². The van der Waals surface area contributed by atoms with Crippen LogP contribution in [-0.2, 0) is 9.59 Å². The van der Waals surface area contributed by atoms with Gasteiger partial charge in [-0.1, -0.05) is 17.7 Å². The first-order chi connectivity index (χ1) is 13.4. The highest BCUT2D eigenvalue weighted by atomic mass is 35.5. The van der Waals surface area contributed by atoms with Crippen molar-refractivity contribution in [3.63, 3.8) is 0 Å². The van der Waals surface area contributed by atoms with Gasteiger partial charge < -0.3 is 19.9 Å². The molecule has 0 aromatic heterocycles. The van der Waals surface area contributed by atoms with E-state index in [1.807, 2.05) is 0 Å². The van der Waals surface area contributed by atoms with Crippen LogP contribution in [0.4, 0.5) is 5.69 Å². The molecule has 2 N–H and O–H groups in total. The van der Waals surface area contributed by atoms with E-state index in [2.05, 4.69) is 5.32 Å². The van der Waals surface area contributed by atoms with Crippen molar-refractivity contribution in [1.29, 1.82) is 0 Å². The van der Waals surface area contributed by atoms with Crippen molar-refractivity contribution in [3.05, 3.63) is 58.7 Å². The quantitative estimate of drug-likeness (QED) is 0.550. The standard InChI is InChI=1S/C19H15ClN2O5S/c1-26-13-5-3-12(4-6-13)22-18(25)15(21-19(22)28)9-11-2-7-16(14(20)8-11)27-10-17(23)24/h2-9H,10H2,1H3,(H,21,28)(H,23,24)/b15-9+. The van der Waals surface area contributed by atoms with Crippen LogP contribution >= 0.6 is 23.8 Å². The smallest absolute Gasteiger partial charge is 0.341 e. The zero-order chi connectivity index (χ0) is 20.3. The van der Waals surface area contributed by atoms with Crippen molar-refractivity contribution in [1.82, 2.24) is 5.32 Å². The molecule has 28 heavy (non-hydrogen) atoms. The van der Waals surface area contributed by atoms with Crippen molar-refractivity contribution < 1.29 is 24.2 Å². The van der Waals surface area contributed by atoms with Crippen molar-refractivity contribution in [3.8, 4) is 11.5 Å². The van der Waals surface area contributed by atoms with Crippen LogP contribution in [-0.4, -0.2) is 35.8 Å². The van der Waals surface area contributed by atoms with Gasteiger partial charge in [-0.15, -0.1) is 0 Å². The molecule has 0 unspecified atom stereocenters. The molecular weight excluding hydrogens is 404 g/mol. The number of carboxylic acids is 1. The minimum atomic E-state index is -1.10. The van der Waals surface area contributed by atoms with Crippen molar-refractivity contribution in [2.45, 2.75) is 0 Å². The number of aliphatic carboxylic acids is 1. The number of hydrogen-bond donors (Lipinski definition) is 2. The Hall–Kier alpha value is -3.10. The third-order valence-corrected chi connectivity index (χ3v) is 4.41. The first-order valence-corrected chi connectivity index (χ1v) is 8.83. The largest absolute Gasteiger partial charge is 0.497 e. The average Bonchev–Trinajstić information content (AvgIpc) is 2.94. The number of methoxy groups -OCH3 is 1. The molecule has 1 aliphatic heterocycles. The van der Waals surface area contributed by atoms with Gasteiger partial charge in [-0.25, -0.2) is 4.79 Å². The second kappa shape index (κ2) is 8.28. The number of carboxylic acid groups (broad SMARTS) is 1. The number of carbonyl (C=O) groups is 2. The van der Waals surface area contributed by atoms with Gasteiger partial charge in [-0.2, -0.15) is 0 Å². The number of carbonyl (C=O) groups excluding carboxylic acids is 1. The summed E-state index contributed by atoms with van der Waals surface area (Å²) in [6, 6.07) is 11.7. The van der Waals surface area contributed by atoms with Crippen LogP contribution < -0.4 is 19.7 Å². The Labute approximate surface area is 171 Å². The maximum atomic E-state index is 12.8. The summed E-state index contributed by atoms with van der Waals surface area (Å²) >= 11 is 11.4. The normalized spacial score (nSPS) is 14.9. The van der Waals surface area contributed by atoms with Gasteiger partial charge in [-0.05, 0) is 60.3 Å². The molecule has 2 aromatic rings. The summed E-state index contributed by atoms with van der Waals surface area (Å²) in [5, 5.41) is 12.0. The molecule has 0 atom stereocenters. The number of nitrogens with one attached hydrogen (secondary N) is 1. The van der Waals surface area contributed by atoms with Crippen LogP contribution in [0.25, 0.3) is 6.08 Å². The molecule has 2 aromatic carbocycles. The zero-order valence-corrected chi connectivity index (χ0v) is 16.2. The number of benzene rings is 2. The Kier molecular flexibility index (Phi) is 5.81. The molecule has 1 fully saturated rings. The number of rotatable bonds is 6.